The summed E-state index contributed by atoms with van der Waals surface area (Å²) in [5.74, 6) is 18.1. The van der Waals surface area contributed by atoms with Crippen LogP contribution in [-0.4, -0.2) is 5.33 Å². The van der Waals surface area contributed by atoms with Crippen molar-refractivity contribution < 1.29 is 0 Å². The average molecular weight is 279 g/mol. The van der Waals surface area contributed by atoms with E-state index < -0.39 is 0 Å². The standard InChI is InChI=1S/C15H19Br/c1-2-3-4-5-6-7-8-9-10-11-12-13-14-15-16/h2-6,9,12,15H2,1H3. The van der Waals surface area contributed by atoms with Gasteiger partial charge in [0, 0.05) is 6.42 Å². The van der Waals surface area contributed by atoms with Crippen LogP contribution in [0.25, 0.3) is 0 Å². The second-order valence-electron chi connectivity index (χ2n) is 3.36. The van der Waals surface area contributed by atoms with Gasteiger partial charge in [-0.15, -0.1) is 5.92 Å². The van der Waals surface area contributed by atoms with Gasteiger partial charge in [0.05, 0.1) is 18.2 Å². The highest BCUT2D eigenvalue weighted by atomic mass is 79.9. The van der Waals surface area contributed by atoms with Crippen LogP contribution in [0.15, 0.2) is 0 Å². The van der Waals surface area contributed by atoms with Crippen LogP contribution in [0.4, 0.5) is 0 Å². The Morgan fingerprint density at radius 1 is 0.750 bits per heavy atom. The zero-order valence-corrected chi connectivity index (χ0v) is 11.6. The summed E-state index contributed by atoms with van der Waals surface area (Å²) in [7, 11) is 0. The Labute approximate surface area is 109 Å². The van der Waals surface area contributed by atoms with Crippen molar-refractivity contribution in [3.05, 3.63) is 0 Å². The Morgan fingerprint density at radius 2 is 1.38 bits per heavy atom. The highest BCUT2D eigenvalue weighted by Gasteiger charge is 1.83. The third-order valence-electron chi connectivity index (χ3n) is 1.95. The van der Waals surface area contributed by atoms with Gasteiger partial charge in [0.15, 0.2) is 0 Å². The molecule has 0 aliphatic rings. The van der Waals surface area contributed by atoms with Crippen molar-refractivity contribution >= 4 is 15.9 Å². The smallest absolute Gasteiger partial charge is 0.0703 e. The fourth-order valence-corrected chi connectivity index (χ4v) is 1.31. The molecule has 0 atom stereocenters. The van der Waals surface area contributed by atoms with Crippen molar-refractivity contribution in [2.45, 2.75) is 51.9 Å². The Hall–Kier alpha value is -0.840. The van der Waals surface area contributed by atoms with Crippen molar-refractivity contribution in [1.82, 2.24) is 0 Å². The van der Waals surface area contributed by atoms with E-state index in [4.69, 9.17) is 0 Å². The van der Waals surface area contributed by atoms with Crippen LogP contribution in [-0.2, 0) is 0 Å². The Morgan fingerprint density at radius 3 is 2.00 bits per heavy atom. The average Bonchev–Trinajstić information content (AvgIpc) is 2.31. The summed E-state index contributed by atoms with van der Waals surface area (Å²) in [5.41, 5.74) is 0. The van der Waals surface area contributed by atoms with E-state index in [0.717, 1.165) is 11.8 Å². The predicted octanol–water partition coefficient (Wildman–Crippen LogP) is 4.14. The molecule has 1 heteroatoms. The molecular weight excluding hydrogens is 260 g/mol. The van der Waals surface area contributed by atoms with E-state index in [2.05, 4.69) is 58.4 Å². The topological polar surface area (TPSA) is 0 Å². The van der Waals surface area contributed by atoms with Gasteiger partial charge in [-0.25, -0.2) is 0 Å². The number of rotatable bonds is 4. The van der Waals surface area contributed by atoms with E-state index in [9.17, 15) is 0 Å². The zero-order valence-electron chi connectivity index (χ0n) is 10.0. The van der Waals surface area contributed by atoms with Gasteiger partial charge < -0.3 is 0 Å². The van der Waals surface area contributed by atoms with E-state index in [1.165, 1.54) is 25.7 Å². The van der Waals surface area contributed by atoms with Crippen LogP contribution in [0.1, 0.15) is 51.9 Å². The van der Waals surface area contributed by atoms with Crippen LogP contribution >= 0.6 is 15.9 Å². The molecule has 0 aromatic carbocycles. The predicted molar refractivity (Wildman–Crippen MR) is 75.1 cm³/mol. The molecule has 0 spiro atoms. The summed E-state index contributed by atoms with van der Waals surface area (Å²) in [4.78, 5) is 0. The van der Waals surface area contributed by atoms with Gasteiger partial charge >= 0.3 is 0 Å². The lowest BCUT2D eigenvalue weighted by Gasteiger charge is -1.91. The van der Waals surface area contributed by atoms with Crippen molar-refractivity contribution in [2.24, 2.45) is 0 Å². The minimum absolute atomic E-state index is 0.657. The first kappa shape index (κ1) is 15.2. The van der Waals surface area contributed by atoms with E-state index >= 15 is 0 Å². The molecule has 0 fully saturated rings. The monoisotopic (exact) mass is 278 g/mol. The quantitative estimate of drug-likeness (QED) is 0.412. The summed E-state index contributed by atoms with van der Waals surface area (Å²) in [6, 6.07) is 0. The molecule has 0 saturated carbocycles. The summed E-state index contributed by atoms with van der Waals surface area (Å²) in [5, 5.41) is 0.728. The second kappa shape index (κ2) is 14.2. The van der Waals surface area contributed by atoms with Gasteiger partial charge in [0.1, 0.15) is 0 Å². The Bertz CT molecular complexity index is 322. The van der Waals surface area contributed by atoms with E-state index in [-0.39, 0.29) is 0 Å². The molecule has 0 bridgehead atoms. The first-order valence-corrected chi connectivity index (χ1v) is 6.97. The zero-order chi connectivity index (χ0) is 11.9. The Balaban J connectivity index is 3.39. The van der Waals surface area contributed by atoms with Gasteiger partial charge in [-0.3, -0.25) is 0 Å². The number of alkyl halides is 1. The molecule has 0 aliphatic heterocycles. The number of halogens is 1. The summed E-state index contributed by atoms with van der Waals surface area (Å²) in [6.45, 7) is 2.22. The maximum Gasteiger partial charge on any atom is 0.0703 e. The highest BCUT2D eigenvalue weighted by molar-refractivity contribution is 9.09. The van der Waals surface area contributed by atoms with Crippen LogP contribution in [0.5, 0.6) is 0 Å². The fraction of sp³-hybridized carbons (Fsp3) is 0.600. The van der Waals surface area contributed by atoms with Crippen LogP contribution in [0, 0.1) is 35.5 Å². The van der Waals surface area contributed by atoms with Crippen molar-refractivity contribution in [3.63, 3.8) is 0 Å². The fourth-order valence-electron chi connectivity index (χ4n) is 1.11. The van der Waals surface area contributed by atoms with Crippen LogP contribution < -0.4 is 0 Å². The van der Waals surface area contributed by atoms with Gasteiger partial charge in [-0.2, -0.15) is 0 Å². The summed E-state index contributed by atoms with van der Waals surface area (Å²) >= 11 is 3.23. The molecule has 0 radical (unpaired) electrons. The van der Waals surface area contributed by atoms with Crippen LogP contribution in [0.3, 0.4) is 0 Å². The third-order valence-corrected chi connectivity index (χ3v) is 2.23. The maximum absolute atomic E-state index is 3.23. The molecule has 0 amide bonds. The van der Waals surface area contributed by atoms with Gasteiger partial charge in [0.25, 0.3) is 0 Å². The molecule has 0 saturated heterocycles. The molecule has 0 heterocycles. The number of unbranched alkanes of at least 4 members (excludes halogenated alkanes) is 4. The first-order valence-electron chi connectivity index (χ1n) is 5.85. The van der Waals surface area contributed by atoms with Gasteiger partial charge in [0.2, 0.25) is 0 Å². The second-order valence-corrected chi connectivity index (χ2v) is 3.92. The summed E-state index contributed by atoms with van der Waals surface area (Å²) in [6.07, 6.45) is 7.50. The van der Waals surface area contributed by atoms with E-state index in [1.54, 1.807) is 0 Å². The molecule has 0 rings (SSSR count). The molecule has 0 aromatic rings. The molecule has 0 aromatic heterocycles. The minimum atomic E-state index is 0.657. The molecule has 86 valence electrons. The summed E-state index contributed by atoms with van der Waals surface area (Å²) < 4.78 is 0. The SMILES string of the molecule is CCCCCCC#CCC#CCC#CCBr. The number of hydrogen-bond donors (Lipinski definition) is 0. The van der Waals surface area contributed by atoms with Crippen LogP contribution in [0.2, 0.25) is 0 Å². The maximum atomic E-state index is 3.23. The first-order chi connectivity index (χ1) is 7.91. The normalized spacial score (nSPS) is 7.88. The molecule has 0 unspecified atom stereocenters. The largest absolute Gasteiger partial charge is 0.102 e. The van der Waals surface area contributed by atoms with E-state index in [1.807, 2.05) is 0 Å². The highest BCUT2D eigenvalue weighted by Crippen LogP contribution is 2.00. The van der Waals surface area contributed by atoms with Crippen molar-refractivity contribution in [3.8, 4) is 35.5 Å². The number of hydrogen-bond acceptors (Lipinski definition) is 0. The molecule has 16 heavy (non-hydrogen) atoms. The van der Waals surface area contributed by atoms with E-state index in [0.29, 0.717) is 12.8 Å². The molecule has 0 aliphatic carbocycles. The van der Waals surface area contributed by atoms with Gasteiger partial charge in [-0.05, 0) is 6.42 Å². The molecule has 0 nitrogen and oxygen atoms in total. The molecular formula is C15H19Br. The third kappa shape index (κ3) is 13.2. The lowest BCUT2D eigenvalue weighted by atomic mass is 10.1. The molecule has 0 N–H and O–H groups in total. The minimum Gasteiger partial charge on any atom is -0.102 e. The van der Waals surface area contributed by atoms with Crippen molar-refractivity contribution in [1.29, 1.82) is 0 Å². The lowest BCUT2D eigenvalue weighted by Crippen LogP contribution is -1.73. The van der Waals surface area contributed by atoms with Crippen molar-refractivity contribution in [2.75, 3.05) is 5.33 Å². The Kier molecular flexibility index (Phi) is 13.4. The lowest BCUT2D eigenvalue weighted by molar-refractivity contribution is 0.679. The van der Waals surface area contributed by atoms with Gasteiger partial charge in [-0.1, -0.05) is 71.7 Å².